The molecule has 5 atom stereocenters. The first kappa shape index (κ1) is 62.1. The number of phosphoric ester groups is 2. The molecule has 0 radical (unpaired) electrons. The molecule has 0 aliphatic carbocycles. The van der Waals surface area contributed by atoms with Gasteiger partial charge in [-0.15, -0.1) is 0 Å². The van der Waals surface area contributed by atoms with Gasteiger partial charge in [-0.25, -0.2) is 9.13 Å². The highest BCUT2D eigenvalue weighted by atomic mass is 31.2. The molecule has 0 aliphatic rings. The fourth-order valence-corrected chi connectivity index (χ4v) is 7.85. The molecule has 378 valence electrons. The fraction of sp³-hybridized carbons (Fsp3) is 0.911. The molecule has 0 aromatic heterocycles. The molecule has 0 aromatic rings. The van der Waals surface area contributed by atoms with E-state index in [1.165, 1.54) is 25.7 Å². The predicted molar refractivity (Wildman–Crippen MR) is 243 cm³/mol. The summed E-state index contributed by atoms with van der Waals surface area (Å²) in [6.45, 7) is 4.45. The van der Waals surface area contributed by atoms with Crippen LogP contribution >= 0.6 is 15.6 Å². The van der Waals surface area contributed by atoms with E-state index in [9.17, 15) is 43.2 Å². The number of hydrogen-bond acceptors (Lipinski definition) is 15. The Kier molecular flexibility index (Phi) is 40.0. The second-order valence-electron chi connectivity index (χ2n) is 16.4. The number of rotatable bonds is 46. The van der Waals surface area contributed by atoms with Gasteiger partial charge in [0.25, 0.3) is 0 Å². The zero-order chi connectivity index (χ0) is 47.7. The molecule has 3 N–H and O–H groups in total. The Bertz CT molecular complexity index is 1290. The zero-order valence-corrected chi connectivity index (χ0v) is 41.5. The van der Waals surface area contributed by atoms with Gasteiger partial charge in [-0.2, -0.15) is 0 Å². The van der Waals surface area contributed by atoms with Crippen molar-refractivity contribution in [2.45, 2.75) is 226 Å². The average molecular weight is 961 g/mol. The van der Waals surface area contributed by atoms with Crippen LogP contribution in [0.1, 0.15) is 207 Å². The Labute approximate surface area is 384 Å². The van der Waals surface area contributed by atoms with Crippen molar-refractivity contribution in [3.8, 4) is 0 Å². The normalized spacial score (nSPS) is 14.8. The monoisotopic (exact) mass is 961 g/mol. The topological polar surface area (TPSA) is 237 Å². The average Bonchev–Trinajstić information content (AvgIpc) is 3.26. The number of phosphoric acid groups is 2. The minimum atomic E-state index is -4.91. The largest absolute Gasteiger partial charge is 0.472 e. The first-order chi connectivity index (χ1) is 30.7. The first-order valence-corrected chi connectivity index (χ1v) is 27.3. The summed E-state index contributed by atoms with van der Waals surface area (Å²) in [7, 11) is -9.82. The van der Waals surface area contributed by atoms with Gasteiger partial charge in [-0.05, 0) is 25.7 Å². The maximum absolute atomic E-state index is 12.7. The van der Waals surface area contributed by atoms with Crippen LogP contribution in [0.2, 0.25) is 0 Å². The second-order valence-corrected chi connectivity index (χ2v) is 19.3. The smallest absolute Gasteiger partial charge is 0.462 e. The third-order valence-corrected chi connectivity index (χ3v) is 12.0. The molecule has 0 saturated carbocycles. The van der Waals surface area contributed by atoms with E-state index in [1.807, 2.05) is 0 Å². The molecule has 0 rings (SSSR count). The summed E-state index contributed by atoms with van der Waals surface area (Å²) in [5.41, 5.74) is 0. The number of ether oxygens (including phenoxy) is 4. The van der Waals surface area contributed by atoms with Crippen LogP contribution in [-0.4, -0.2) is 96.7 Å². The van der Waals surface area contributed by atoms with Crippen LogP contribution in [-0.2, 0) is 65.4 Å². The number of carbonyl (C=O) groups excluding carboxylic acids is 4. The maximum Gasteiger partial charge on any atom is 0.472 e. The lowest BCUT2D eigenvalue weighted by Crippen LogP contribution is -2.30. The predicted octanol–water partition coefficient (Wildman–Crippen LogP) is 10.5. The summed E-state index contributed by atoms with van der Waals surface area (Å²) in [6.07, 6.45) is 19.5. The molecule has 19 heteroatoms. The van der Waals surface area contributed by atoms with Crippen LogP contribution in [0.3, 0.4) is 0 Å². The van der Waals surface area contributed by atoms with Crippen molar-refractivity contribution in [3.05, 3.63) is 0 Å². The van der Waals surface area contributed by atoms with Gasteiger partial charge in [-0.3, -0.25) is 37.3 Å². The van der Waals surface area contributed by atoms with Crippen LogP contribution in [0.5, 0.6) is 0 Å². The van der Waals surface area contributed by atoms with Gasteiger partial charge < -0.3 is 33.8 Å². The van der Waals surface area contributed by atoms with Crippen molar-refractivity contribution in [2.24, 2.45) is 0 Å². The van der Waals surface area contributed by atoms with Crippen molar-refractivity contribution in [2.75, 3.05) is 39.6 Å². The summed E-state index contributed by atoms with van der Waals surface area (Å²) in [5, 5.41) is 10.3. The third-order valence-electron chi connectivity index (χ3n) is 10.1. The van der Waals surface area contributed by atoms with Gasteiger partial charge >= 0.3 is 39.5 Å². The molecule has 0 spiro atoms. The van der Waals surface area contributed by atoms with E-state index >= 15 is 0 Å². The Balaban J connectivity index is 5.12. The minimum absolute atomic E-state index is 0.0986. The van der Waals surface area contributed by atoms with Crippen molar-refractivity contribution in [1.82, 2.24) is 0 Å². The molecule has 0 saturated heterocycles. The lowest BCUT2D eigenvalue weighted by atomic mass is 10.1. The van der Waals surface area contributed by atoms with E-state index < -0.39 is 97.5 Å². The molecule has 0 heterocycles. The second kappa shape index (κ2) is 41.3. The molecule has 0 amide bonds. The SMILES string of the molecule is CCCCCCCCCCCC(=O)O[C@H](COC(=O)CCCCCCC)COP(=O)(O)OC[C@@H](O)COP(=O)(O)OC[C@@H](COC(=O)CCCCCCC)OC(=O)CCCCCCC. The molecule has 0 aromatic carbocycles. The standard InChI is InChI=1S/C45H86O17P2/c1-5-9-13-17-18-19-20-24-28-32-45(50)62-41(36-56-43(48)30-26-22-15-11-7-3)38-60-64(53,54)58-34-39(46)33-57-63(51,52)59-37-40(61-44(49)31-27-23-16-12-8-4)35-55-42(47)29-25-21-14-10-6-2/h39-41,46H,5-38H2,1-4H3,(H,51,52)(H,53,54)/t39-,40+,41+/m0/s1. The van der Waals surface area contributed by atoms with Crippen molar-refractivity contribution >= 4 is 39.5 Å². The van der Waals surface area contributed by atoms with Crippen LogP contribution in [0.15, 0.2) is 0 Å². The summed E-state index contributed by atoms with van der Waals surface area (Å²) < 4.78 is 66.5. The molecule has 0 fully saturated rings. The van der Waals surface area contributed by atoms with Gasteiger partial charge in [0, 0.05) is 25.7 Å². The van der Waals surface area contributed by atoms with Crippen LogP contribution < -0.4 is 0 Å². The first-order valence-electron chi connectivity index (χ1n) is 24.3. The number of unbranched alkanes of at least 4 members (excludes halogenated alkanes) is 20. The molecular weight excluding hydrogens is 874 g/mol. The highest BCUT2D eigenvalue weighted by molar-refractivity contribution is 7.47. The van der Waals surface area contributed by atoms with E-state index in [0.717, 1.165) is 103 Å². The van der Waals surface area contributed by atoms with Crippen LogP contribution in [0.25, 0.3) is 0 Å². The van der Waals surface area contributed by atoms with E-state index in [-0.39, 0.29) is 25.7 Å². The van der Waals surface area contributed by atoms with Gasteiger partial charge in [0.2, 0.25) is 0 Å². The van der Waals surface area contributed by atoms with Gasteiger partial charge in [-0.1, -0.05) is 156 Å². The third kappa shape index (κ3) is 40.3. The van der Waals surface area contributed by atoms with Gasteiger partial charge in [0.15, 0.2) is 12.2 Å². The minimum Gasteiger partial charge on any atom is -0.462 e. The molecule has 17 nitrogen and oxygen atoms in total. The fourth-order valence-electron chi connectivity index (χ4n) is 6.27. The quantitative estimate of drug-likeness (QED) is 0.0222. The molecular formula is C45H86O17P2. The summed E-state index contributed by atoms with van der Waals surface area (Å²) in [4.78, 5) is 70.5. The number of carbonyl (C=O) groups is 4. The lowest BCUT2D eigenvalue weighted by molar-refractivity contribution is -0.161. The number of hydrogen-bond donors (Lipinski definition) is 3. The van der Waals surface area contributed by atoms with Gasteiger partial charge in [0.1, 0.15) is 19.3 Å². The highest BCUT2D eigenvalue weighted by Crippen LogP contribution is 2.45. The van der Waals surface area contributed by atoms with E-state index in [2.05, 4.69) is 27.7 Å². The molecule has 2 unspecified atom stereocenters. The Hall–Kier alpha value is -1.94. The van der Waals surface area contributed by atoms with E-state index in [1.54, 1.807) is 0 Å². The van der Waals surface area contributed by atoms with Crippen molar-refractivity contribution in [1.29, 1.82) is 0 Å². The summed E-state index contributed by atoms with van der Waals surface area (Å²) in [6, 6.07) is 0. The Morgan fingerprint density at radius 2 is 0.625 bits per heavy atom. The van der Waals surface area contributed by atoms with Crippen molar-refractivity contribution < 1.29 is 80.2 Å². The lowest BCUT2D eigenvalue weighted by Gasteiger charge is -2.21. The molecule has 0 aliphatic heterocycles. The summed E-state index contributed by atoms with van der Waals surface area (Å²) >= 11 is 0. The van der Waals surface area contributed by atoms with Gasteiger partial charge in [0.05, 0.1) is 26.4 Å². The number of aliphatic hydroxyl groups is 1. The molecule has 64 heavy (non-hydrogen) atoms. The van der Waals surface area contributed by atoms with Crippen molar-refractivity contribution in [3.63, 3.8) is 0 Å². The molecule has 0 bridgehead atoms. The van der Waals surface area contributed by atoms with E-state index in [0.29, 0.717) is 25.7 Å². The summed E-state index contributed by atoms with van der Waals surface area (Å²) in [5.74, 6) is -2.20. The Morgan fingerprint density at radius 1 is 0.375 bits per heavy atom. The number of esters is 4. The van der Waals surface area contributed by atoms with E-state index in [4.69, 9.17) is 37.0 Å². The Morgan fingerprint density at radius 3 is 0.922 bits per heavy atom. The maximum atomic E-state index is 12.7. The van der Waals surface area contributed by atoms with Crippen LogP contribution in [0, 0.1) is 0 Å². The van der Waals surface area contributed by atoms with Crippen LogP contribution in [0.4, 0.5) is 0 Å². The zero-order valence-electron chi connectivity index (χ0n) is 39.7. The number of aliphatic hydroxyl groups excluding tert-OH is 1. The highest BCUT2D eigenvalue weighted by Gasteiger charge is 2.30.